The van der Waals surface area contributed by atoms with Crippen LogP contribution in [0, 0.1) is 6.92 Å². The molecular weight excluding hydrogens is 474 g/mol. The summed E-state index contributed by atoms with van der Waals surface area (Å²) in [6.45, 7) is 2.05. The maximum absolute atomic E-state index is 13.4. The predicted molar refractivity (Wildman–Crippen MR) is 134 cm³/mol. The molecule has 4 rings (SSSR count). The van der Waals surface area contributed by atoms with E-state index in [1.807, 2.05) is 13.0 Å². The van der Waals surface area contributed by atoms with Crippen molar-refractivity contribution in [2.75, 3.05) is 27.6 Å². The first-order valence-corrected chi connectivity index (χ1v) is 12.6. The predicted octanol–water partition coefficient (Wildman–Crippen LogP) is 4.61. The molecule has 0 aliphatic carbocycles. The molecule has 0 saturated carbocycles. The second-order valence-electron chi connectivity index (χ2n) is 7.97. The van der Waals surface area contributed by atoms with Crippen LogP contribution in [0.4, 0.5) is 17.1 Å². The standard InChI is InChI=1S/C25H24ClN3O4S/c1-18-13-14-19(16-23(18)28-15-7-12-25(28)31)27-24(30)17-29(22-11-6-5-10-21(22)26)34(32,33)20-8-3-2-4-9-20/h2-6,8-11,13-14,16H,7,12,15,17H2,1H3,(H,27,30). The molecule has 0 radical (unpaired) electrons. The van der Waals surface area contributed by atoms with Crippen LogP contribution >= 0.6 is 11.6 Å². The number of sulfonamides is 1. The van der Waals surface area contributed by atoms with Crippen LogP contribution < -0.4 is 14.5 Å². The zero-order valence-electron chi connectivity index (χ0n) is 18.6. The van der Waals surface area contributed by atoms with Gasteiger partial charge in [-0.15, -0.1) is 0 Å². The van der Waals surface area contributed by atoms with E-state index < -0.39 is 22.5 Å². The van der Waals surface area contributed by atoms with E-state index in [1.165, 1.54) is 12.1 Å². The van der Waals surface area contributed by atoms with Gasteiger partial charge in [-0.25, -0.2) is 8.42 Å². The number of halogens is 1. The summed E-state index contributed by atoms with van der Waals surface area (Å²) < 4.78 is 27.8. The lowest BCUT2D eigenvalue weighted by Gasteiger charge is -2.25. The fourth-order valence-electron chi connectivity index (χ4n) is 3.89. The Morgan fingerprint density at radius 1 is 1.06 bits per heavy atom. The average Bonchev–Trinajstić information content (AvgIpc) is 3.25. The van der Waals surface area contributed by atoms with Crippen LogP contribution in [0.25, 0.3) is 0 Å². The van der Waals surface area contributed by atoms with Gasteiger partial charge in [0.05, 0.1) is 15.6 Å². The topological polar surface area (TPSA) is 86.8 Å². The first kappa shape index (κ1) is 23.8. The summed E-state index contributed by atoms with van der Waals surface area (Å²) in [5.41, 5.74) is 2.33. The summed E-state index contributed by atoms with van der Waals surface area (Å²) in [6, 6.07) is 19.6. The molecule has 3 aromatic carbocycles. The molecular formula is C25H24ClN3O4S. The normalized spacial score (nSPS) is 13.7. The largest absolute Gasteiger partial charge is 0.324 e. The molecule has 0 unspecified atom stereocenters. The average molecular weight is 498 g/mol. The van der Waals surface area contributed by atoms with Crippen molar-refractivity contribution in [1.29, 1.82) is 0 Å². The van der Waals surface area contributed by atoms with Crippen LogP contribution in [0.3, 0.4) is 0 Å². The Hall–Kier alpha value is -3.36. The highest BCUT2D eigenvalue weighted by molar-refractivity contribution is 7.92. The van der Waals surface area contributed by atoms with Crippen molar-refractivity contribution in [3.8, 4) is 0 Å². The van der Waals surface area contributed by atoms with Gasteiger partial charge in [-0.05, 0) is 55.3 Å². The number of amides is 2. The molecule has 1 fully saturated rings. The number of carbonyl (C=O) groups is 2. The minimum atomic E-state index is -4.06. The molecule has 0 atom stereocenters. The summed E-state index contributed by atoms with van der Waals surface area (Å²) in [4.78, 5) is 27.0. The van der Waals surface area contributed by atoms with E-state index in [0.717, 1.165) is 22.0 Å². The van der Waals surface area contributed by atoms with E-state index in [1.54, 1.807) is 59.5 Å². The van der Waals surface area contributed by atoms with Gasteiger partial charge in [0.2, 0.25) is 11.8 Å². The third-order valence-electron chi connectivity index (χ3n) is 5.60. The Balaban J connectivity index is 1.62. The van der Waals surface area contributed by atoms with Crippen LogP contribution in [0.1, 0.15) is 18.4 Å². The number of anilines is 3. The Bertz CT molecular complexity index is 1330. The Morgan fingerprint density at radius 3 is 2.44 bits per heavy atom. The molecule has 1 N–H and O–H groups in total. The summed E-state index contributed by atoms with van der Waals surface area (Å²) in [5.74, 6) is -0.493. The van der Waals surface area contributed by atoms with Crippen molar-refractivity contribution in [3.63, 3.8) is 0 Å². The van der Waals surface area contributed by atoms with E-state index >= 15 is 0 Å². The number of nitrogens with one attached hydrogen (secondary N) is 1. The Morgan fingerprint density at radius 2 is 1.76 bits per heavy atom. The second kappa shape index (κ2) is 9.87. The number of hydrogen-bond donors (Lipinski definition) is 1. The van der Waals surface area contributed by atoms with Crippen LogP contribution in [0.2, 0.25) is 5.02 Å². The fourth-order valence-corrected chi connectivity index (χ4v) is 5.63. The van der Waals surface area contributed by atoms with Crippen molar-refractivity contribution in [3.05, 3.63) is 83.4 Å². The fraction of sp³-hybridized carbons (Fsp3) is 0.200. The molecule has 34 heavy (non-hydrogen) atoms. The third-order valence-corrected chi connectivity index (χ3v) is 7.69. The lowest BCUT2D eigenvalue weighted by atomic mass is 10.1. The lowest BCUT2D eigenvalue weighted by molar-refractivity contribution is -0.117. The summed E-state index contributed by atoms with van der Waals surface area (Å²) >= 11 is 6.31. The summed E-state index contributed by atoms with van der Waals surface area (Å²) in [5, 5.41) is 2.97. The van der Waals surface area contributed by atoms with Crippen molar-refractivity contribution in [2.45, 2.75) is 24.7 Å². The van der Waals surface area contributed by atoms with Gasteiger partial charge in [-0.3, -0.25) is 13.9 Å². The molecule has 0 aromatic heterocycles. The van der Waals surface area contributed by atoms with E-state index in [9.17, 15) is 18.0 Å². The summed E-state index contributed by atoms with van der Waals surface area (Å²) in [7, 11) is -4.06. The van der Waals surface area contributed by atoms with E-state index in [-0.39, 0.29) is 21.5 Å². The number of hydrogen-bond acceptors (Lipinski definition) is 4. The number of benzene rings is 3. The molecule has 2 amide bonds. The highest BCUT2D eigenvalue weighted by atomic mass is 35.5. The van der Waals surface area contributed by atoms with E-state index in [4.69, 9.17) is 11.6 Å². The molecule has 3 aromatic rings. The van der Waals surface area contributed by atoms with Crippen LogP contribution in [-0.2, 0) is 19.6 Å². The highest BCUT2D eigenvalue weighted by Gasteiger charge is 2.29. The number of nitrogens with zero attached hydrogens (tertiary/aromatic N) is 2. The quantitative estimate of drug-likeness (QED) is 0.516. The maximum atomic E-state index is 13.4. The molecule has 1 aliphatic rings. The van der Waals surface area contributed by atoms with Gasteiger partial charge in [0.25, 0.3) is 10.0 Å². The van der Waals surface area contributed by atoms with Gasteiger partial charge in [-0.2, -0.15) is 0 Å². The molecule has 176 valence electrons. The number of aryl methyl sites for hydroxylation is 1. The zero-order valence-corrected chi connectivity index (χ0v) is 20.1. The number of rotatable bonds is 7. The maximum Gasteiger partial charge on any atom is 0.264 e. The molecule has 1 saturated heterocycles. The van der Waals surface area contributed by atoms with E-state index in [0.29, 0.717) is 18.7 Å². The van der Waals surface area contributed by atoms with Crippen LogP contribution in [-0.4, -0.2) is 33.3 Å². The van der Waals surface area contributed by atoms with Gasteiger partial charge in [0, 0.05) is 24.3 Å². The number of para-hydroxylation sites is 1. The molecule has 1 aliphatic heterocycles. The third kappa shape index (κ3) is 4.93. The van der Waals surface area contributed by atoms with Gasteiger partial charge in [0.1, 0.15) is 6.54 Å². The molecule has 1 heterocycles. The highest BCUT2D eigenvalue weighted by Crippen LogP contribution is 2.31. The minimum Gasteiger partial charge on any atom is -0.324 e. The smallest absolute Gasteiger partial charge is 0.264 e. The number of carbonyl (C=O) groups excluding carboxylic acids is 2. The first-order valence-electron chi connectivity index (χ1n) is 10.8. The lowest BCUT2D eigenvalue weighted by Crippen LogP contribution is -2.38. The van der Waals surface area contributed by atoms with Gasteiger partial charge >= 0.3 is 0 Å². The minimum absolute atomic E-state index is 0.0467. The van der Waals surface area contributed by atoms with Crippen LogP contribution in [0.5, 0.6) is 0 Å². The second-order valence-corrected chi connectivity index (χ2v) is 10.2. The Labute approximate surface area is 204 Å². The van der Waals surface area contributed by atoms with E-state index in [2.05, 4.69) is 5.32 Å². The zero-order chi connectivity index (χ0) is 24.3. The van der Waals surface area contributed by atoms with Crippen molar-refractivity contribution in [2.24, 2.45) is 0 Å². The monoisotopic (exact) mass is 497 g/mol. The SMILES string of the molecule is Cc1ccc(NC(=O)CN(c2ccccc2Cl)S(=O)(=O)c2ccccc2)cc1N1CCCC1=O. The summed E-state index contributed by atoms with van der Waals surface area (Å²) in [6.07, 6.45) is 1.29. The first-order chi connectivity index (χ1) is 16.3. The molecule has 7 nitrogen and oxygen atoms in total. The Kier molecular flexibility index (Phi) is 6.90. The van der Waals surface area contributed by atoms with Gasteiger partial charge in [-0.1, -0.05) is 48.0 Å². The van der Waals surface area contributed by atoms with Gasteiger partial charge in [0.15, 0.2) is 0 Å². The van der Waals surface area contributed by atoms with Crippen molar-refractivity contribution in [1.82, 2.24) is 0 Å². The van der Waals surface area contributed by atoms with Crippen molar-refractivity contribution >= 4 is 50.5 Å². The molecule has 0 bridgehead atoms. The van der Waals surface area contributed by atoms with Gasteiger partial charge < -0.3 is 10.2 Å². The molecule has 9 heteroatoms. The van der Waals surface area contributed by atoms with Crippen molar-refractivity contribution < 1.29 is 18.0 Å². The molecule has 0 spiro atoms. The van der Waals surface area contributed by atoms with Crippen LogP contribution in [0.15, 0.2) is 77.7 Å².